The maximum atomic E-state index is 5.46. The molecular weight excluding hydrogens is 176 g/mol. The Kier molecular flexibility index (Phi) is 4.72. The van der Waals surface area contributed by atoms with E-state index < -0.39 is 0 Å². The lowest BCUT2D eigenvalue weighted by molar-refractivity contribution is 0.127. The molecule has 0 spiro atoms. The molecule has 0 N–H and O–H groups in total. The van der Waals surface area contributed by atoms with Crippen molar-refractivity contribution >= 4 is 24.4 Å². The second kappa shape index (κ2) is 5.33. The highest BCUT2D eigenvalue weighted by molar-refractivity contribution is 8.00. The van der Waals surface area contributed by atoms with Gasteiger partial charge >= 0.3 is 0 Å². The van der Waals surface area contributed by atoms with E-state index in [1.165, 1.54) is 18.6 Å². The third-order valence-corrected chi connectivity index (χ3v) is 3.83. The maximum Gasteiger partial charge on any atom is 0.0666 e. The topological polar surface area (TPSA) is 9.23 Å². The van der Waals surface area contributed by atoms with Crippen LogP contribution in [0, 0.1) is 0 Å². The van der Waals surface area contributed by atoms with E-state index >= 15 is 0 Å². The summed E-state index contributed by atoms with van der Waals surface area (Å²) >= 11 is 6.22. The quantitative estimate of drug-likeness (QED) is 0.540. The van der Waals surface area contributed by atoms with Gasteiger partial charge < -0.3 is 4.74 Å². The van der Waals surface area contributed by atoms with Crippen LogP contribution in [-0.4, -0.2) is 29.5 Å². The molecular formula is C8H16OS2. The van der Waals surface area contributed by atoms with Gasteiger partial charge in [0.15, 0.2) is 0 Å². The molecule has 0 aromatic heterocycles. The summed E-state index contributed by atoms with van der Waals surface area (Å²) in [6.07, 6.45) is 2.93. The lowest BCUT2D eigenvalue weighted by Gasteiger charge is -2.12. The molecule has 2 unspecified atom stereocenters. The number of hydrogen-bond donors (Lipinski definition) is 1. The normalized spacial score (nSPS) is 31.1. The van der Waals surface area contributed by atoms with Gasteiger partial charge in [0.2, 0.25) is 0 Å². The van der Waals surface area contributed by atoms with Crippen LogP contribution >= 0.6 is 24.4 Å². The molecule has 0 saturated carbocycles. The zero-order chi connectivity index (χ0) is 8.10. The monoisotopic (exact) mass is 192 g/mol. The molecule has 3 heteroatoms. The largest absolute Gasteiger partial charge is 0.377 e. The number of hydrogen-bond acceptors (Lipinski definition) is 3. The van der Waals surface area contributed by atoms with Crippen LogP contribution in [0.2, 0.25) is 0 Å². The Morgan fingerprint density at radius 1 is 1.64 bits per heavy atom. The molecule has 1 nitrogen and oxygen atoms in total. The van der Waals surface area contributed by atoms with Crippen molar-refractivity contribution in [2.75, 3.05) is 18.1 Å². The molecule has 0 aromatic carbocycles. The number of ether oxygens (including phenoxy) is 1. The average molecular weight is 192 g/mol. The SMILES string of the molecule is CC1OCCC1SCCCS. The zero-order valence-electron chi connectivity index (χ0n) is 6.95. The van der Waals surface area contributed by atoms with Gasteiger partial charge in [-0.15, -0.1) is 0 Å². The molecule has 0 aromatic rings. The molecule has 0 radical (unpaired) electrons. The van der Waals surface area contributed by atoms with Crippen LogP contribution in [-0.2, 0) is 4.74 Å². The van der Waals surface area contributed by atoms with Crippen molar-refractivity contribution in [3.05, 3.63) is 0 Å². The molecule has 1 saturated heterocycles. The van der Waals surface area contributed by atoms with E-state index in [4.69, 9.17) is 4.74 Å². The van der Waals surface area contributed by atoms with Gasteiger partial charge in [-0.3, -0.25) is 0 Å². The molecule has 2 atom stereocenters. The molecule has 0 amide bonds. The van der Waals surface area contributed by atoms with Crippen LogP contribution in [0.15, 0.2) is 0 Å². The molecule has 1 aliphatic rings. The van der Waals surface area contributed by atoms with Crippen molar-refractivity contribution in [1.29, 1.82) is 0 Å². The van der Waals surface area contributed by atoms with Gasteiger partial charge in [0.25, 0.3) is 0 Å². The summed E-state index contributed by atoms with van der Waals surface area (Å²) in [4.78, 5) is 0. The van der Waals surface area contributed by atoms with Crippen LogP contribution in [0.1, 0.15) is 19.8 Å². The predicted octanol–water partition coefficient (Wildman–Crippen LogP) is 2.22. The summed E-state index contributed by atoms with van der Waals surface area (Å²) in [5.74, 6) is 2.25. The highest BCUT2D eigenvalue weighted by Crippen LogP contribution is 2.26. The Bertz CT molecular complexity index is 108. The molecule has 0 bridgehead atoms. The molecule has 1 fully saturated rings. The molecule has 1 rings (SSSR count). The second-order valence-electron chi connectivity index (χ2n) is 2.85. The van der Waals surface area contributed by atoms with E-state index in [9.17, 15) is 0 Å². The van der Waals surface area contributed by atoms with Crippen LogP contribution in [0.4, 0.5) is 0 Å². The van der Waals surface area contributed by atoms with Gasteiger partial charge in [-0.1, -0.05) is 0 Å². The standard InChI is InChI=1S/C8H16OS2/c1-7-8(3-4-9-7)11-6-2-5-10/h7-8,10H,2-6H2,1H3. The van der Waals surface area contributed by atoms with Crippen molar-refractivity contribution < 1.29 is 4.74 Å². The summed E-state index contributed by atoms with van der Waals surface area (Å²) in [5, 5.41) is 0.745. The molecule has 66 valence electrons. The van der Waals surface area contributed by atoms with Crippen LogP contribution in [0.25, 0.3) is 0 Å². The van der Waals surface area contributed by atoms with Gasteiger partial charge in [0, 0.05) is 11.9 Å². The van der Waals surface area contributed by atoms with Crippen molar-refractivity contribution in [1.82, 2.24) is 0 Å². The van der Waals surface area contributed by atoms with Crippen molar-refractivity contribution in [3.63, 3.8) is 0 Å². The van der Waals surface area contributed by atoms with Gasteiger partial charge in [0.1, 0.15) is 0 Å². The highest BCUT2D eigenvalue weighted by atomic mass is 32.2. The van der Waals surface area contributed by atoms with E-state index in [1.807, 2.05) is 11.8 Å². The lowest BCUT2D eigenvalue weighted by Crippen LogP contribution is -2.13. The number of thioether (sulfide) groups is 1. The third kappa shape index (κ3) is 3.26. The van der Waals surface area contributed by atoms with Crippen LogP contribution in [0.3, 0.4) is 0 Å². The minimum Gasteiger partial charge on any atom is -0.377 e. The summed E-state index contributed by atoms with van der Waals surface area (Å²) in [6, 6.07) is 0. The fourth-order valence-corrected chi connectivity index (χ4v) is 2.83. The van der Waals surface area contributed by atoms with E-state index in [2.05, 4.69) is 19.6 Å². The first-order valence-electron chi connectivity index (χ1n) is 4.18. The third-order valence-electron chi connectivity index (χ3n) is 1.94. The average Bonchev–Trinajstić information content (AvgIpc) is 2.37. The highest BCUT2D eigenvalue weighted by Gasteiger charge is 2.23. The van der Waals surface area contributed by atoms with E-state index in [1.54, 1.807) is 0 Å². The maximum absolute atomic E-state index is 5.46. The minimum atomic E-state index is 0.472. The van der Waals surface area contributed by atoms with Gasteiger partial charge in [-0.2, -0.15) is 24.4 Å². The second-order valence-corrected chi connectivity index (χ2v) is 4.65. The van der Waals surface area contributed by atoms with Crippen LogP contribution in [0.5, 0.6) is 0 Å². The Hall–Kier alpha value is 0.660. The predicted molar refractivity (Wildman–Crippen MR) is 54.7 cm³/mol. The van der Waals surface area contributed by atoms with E-state index in [0.717, 1.165) is 17.6 Å². The van der Waals surface area contributed by atoms with Gasteiger partial charge in [0.05, 0.1) is 6.10 Å². The fraction of sp³-hybridized carbons (Fsp3) is 1.00. The molecule has 0 aliphatic carbocycles. The fourth-order valence-electron chi connectivity index (χ4n) is 1.23. The van der Waals surface area contributed by atoms with E-state index in [-0.39, 0.29) is 0 Å². The summed E-state index contributed by atoms with van der Waals surface area (Å²) in [6.45, 7) is 3.13. The summed E-state index contributed by atoms with van der Waals surface area (Å²) < 4.78 is 5.46. The Morgan fingerprint density at radius 3 is 3.00 bits per heavy atom. The molecule has 11 heavy (non-hydrogen) atoms. The Labute approximate surface area is 78.7 Å². The molecule has 1 heterocycles. The first-order valence-corrected chi connectivity index (χ1v) is 5.87. The number of thiol groups is 1. The smallest absolute Gasteiger partial charge is 0.0666 e. The summed E-state index contributed by atoms with van der Waals surface area (Å²) in [5.41, 5.74) is 0. The number of rotatable bonds is 4. The van der Waals surface area contributed by atoms with Gasteiger partial charge in [-0.05, 0) is 31.3 Å². The van der Waals surface area contributed by atoms with Crippen molar-refractivity contribution in [2.45, 2.75) is 31.1 Å². The summed E-state index contributed by atoms with van der Waals surface area (Å²) in [7, 11) is 0. The lowest BCUT2D eigenvalue weighted by atomic mass is 10.3. The van der Waals surface area contributed by atoms with Crippen molar-refractivity contribution in [2.24, 2.45) is 0 Å². The Balaban J connectivity index is 2.05. The van der Waals surface area contributed by atoms with Crippen LogP contribution < -0.4 is 0 Å². The molecule has 1 aliphatic heterocycles. The zero-order valence-corrected chi connectivity index (χ0v) is 8.66. The Morgan fingerprint density at radius 2 is 2.45 bits per heavy atom. The van der Waals surface area contributed by atoms with Gasteiger partial charge in [-0.25, -0.2) is 0 Å². The van der Waals surface area contributed by atoms with E-state index in [0.29, 0.717) is 6.10 Å². The van der Waals surface area contributed by atoms with Crippen molar-refractivity contribution in [3.8, 4) is 0 Å². The first kappa shape index (κ1) is 9.75. The minimum absolute atomic E-state index is 0.472. The first-order chi connectivity index (χ1) is 5.34.